The van der Waals surface area contributed by atoms with Crippen LogP contribution in [-0.2, 0) is 4.79 Å². The van der Waals surface area contributed by atoms with Crippen molar-refractivity contribution in [3.05, 3.63) is 0 Å². The van der Waals surface area contributed by atoms with E-state index in [4.69, 9.17) is 0 Å². The average molecular weight is 251 g/mol. The average Bonchev–Trinajstić information content (AvgIpc) is 2.36. The molecule has 0 aromatic carbocycles. The van der Waals surface area contributed by atoms with Crippen LogP contribution in [0, 0.1) is 23.7 Å². The van der Waals surface area contributed by atoms with Crippen LogP contribution >= 0.6 is 0 Å². The predicted octanol–water partition coefficient (Wildman–Crippen LogP) is 3.41. The zero-order chi connectivity index (χ0) is 13.0. The van der Waals surface area contributed by atoms with E-state index in [0.717, 1.165) is 56.5 Å². The fourth-order valence-electron chi connectivity index (χ4n) is 3.93. The van der Waals surface area contributed by atoms with Gasteiger partial charge in [-0.25, -0.2) is 0 Å². The van der Waals surface area contributed by atoms with Gasteiger partial charge in [-0.15, -0.1) is 0 Å². The molecular formula is C16H29NO. The number of Topliss-reactive ketones (excluding diaryl/α,β-unsaturated/α-hetero) is 1. The van der Waals surface area contributed by atoms with Crippen LogP contribution in [0.3, 0.4) is 0 Å². The van der Waals surface area contributed by atoms with Crippen LogP contribution in [0.4, 0.5) is 0 Å². The molecule has 0 aromatic rings. The van der Waals surface area contributed by atoms with Gasteiger partial charge in [0.25, 0.3) is 0 Å². The van der Waals surface area contributed by atoms with Crippen molar-refractivity contribution in [3.8, 4) is 0 Å². The van der Waals surface area contributed by atoms with Crippen LogP contribution in [0.1, 0.15) is 58.8 Å². The molecule has 2 atom stereocenters. The lowest BCUT2D eigenvalue weighted by atomic mass is 9.74. The molecule has 2 unspecified atom stereocenters. The minimum Gasteiger partial charge on any atom is -0.317 e. The van der Waals surface area contributed by atoms with E-state index in [2.05, 4.69) is 19.2 Å². The molecule has 2 nitrogen and oxygen atoms in total. The summed E-state index contributed by atoms with van der Waals surface area (Å²) < 4.78 is 0. The van der Waals surface area contributed by atoms with Crippen molar-refractivity contribution in [2.75, 3.05) is 13.1 Å². The van der Waals surface area contributed by atoms with Crippen LogP contribution in [0.2, 0.25) is 0 Å². The summed E-state index contributed by atoms with van der Waals surface area (Å²) in [5, 5.41) is 3.39. The molecule has 104 valence electrons. The minimum atomic E-state index is 0.380. The van der Waals surface area contributed by atoms with E-state index >= 15 is 0 Å². The van der Waals surface area contributed by atoms with Gasteiger partial charge in [-0.05, 0) is 69.4 Å². The molecule has 1 heterocycles. The maximum absolute atomic E-state index is 12.3. The molecule has 2 rings (SSSR count). The highest BCUT2D eigenvalue weighted by Crippen LogP contribution is 2.34. The summed E-state index contributed by atoms with van der Waals surface area (Å²) in [5.41, 5.74) is 0. The van der Waals surface area contributed by atoms with Crippen molar-refractivity contribution in [1.29, 1.82) is 0 Å². The Bertz CT molecular complexity index is 260. The zero-order valence-electron chi connectivity index (χ0n) is 12.1. The van der Waals surface area contributed by atoms with Crippen molar-refractivity contribution in [1.82, 2.24) is 5.32 Å². The molecule has 1 aliphatic heterocycles. The molecule has 1 saturated carbocycles. The van der Waals surface area contributed by atoms with E-state index in [1.165, 1.54) is 19.3 Å². The molecule has 1 saturated heterocycles. The van der Waals surface area contributed by atoms with Crippen LogP contribution in [-0.4, -0.2) is 18.9 Å². The number of hydrogen-bond donors (Lipinski definition) is 1. The summed E-state index contributed by atoms with van der Waals surface area (Å²) in [5.74, 6) is 3.24. The number of rotatable bonds is 4. The normalized spacial score (nSPS) is 34.4. The number of nitrogens with one attached hydrogen (secondary N) is 1. The van der Waals surface area contributed by atoms with E-state index in [1.54, 1.807) is 0 Å². The van der Waals surface area contributed by atoms with Gasteiger partial charge in [0.2, 0.25) is 0 Å². The van der Waals surface area contributed by atoms with Crippen LogP contribution < -0.4 is 5.32 Å². The Balaban J connectivity index is 1.73. The van der Waals surface area contributed by atoms with Gasteiger partial charge in [-0.1, -0.05) is 13.8 Å². The molecule has 2 heteroatoms. The van der Waals surface area contributed by atoms with Gasteiger partial charge < -0.3 is 5.32 Å². The lowest BCUT2D eigenvalue weighted by Gasteiger charge is -2.31. The minimum absolute atomic E-state index is 0.380. The lowest BCUT2D eigenvalue weighted by Crippen LogP contribution is -2.29. The van der Waals surface area contributed by atoms with Crippen molar-refractivity contribution in [3.63, 3.8) is 0 Å². The second-order valence-corrected chi connectivity index (χ2v) is 6.81. The third-order valence-electron chi connectivity index (χ3n) is 4.89. The summed E-state index contributed by atoms with van der Waals surface area (Å²) in [7, 11) is 0. The van der Waals surface area contributed by atoms with Gasteiger partial charge in [0.05, 0.1) is 0 Å². The highest BCUT2D eigenvalue weighted by atomic mass is 16.1. The van der Waals surface area contributed by atoms with Crippen molar-refractivity contribution >= 4 is 5.78 Å². The SMILES string of the molecule is CC1CC(C)CC(C(=O)CCC2CCNCC2)C1. The molecule has 1 N–H and O–H groups in total. The fourth-order valence-corrected chi connectivity index (χ4v) is 3.93. The van der Waals surface area contributed by atoms with E-state index in [0.29, 0.717) is 11.7 Å². The fraction of sp³-hybridized carbons (Fsp3) is 0.938. The maximum Gasteiger partial charge on any atom is 0.136 e. The van der Waals surface area contributed by atoms with Gasteiger partial charge in [-0.2, -0.15) is 0 Å². The molecular weight excluding hydrogens is 222 g/mol. The van der Waals surface area contributed by atoms with Crippen LogP contribution in [0.25, 0.3) is 0 Å². The largest absolute Gasteiger partial charge is 0.317 e. The Morgan fingerprint density at radius 1 is 1.06 bits per heavy atom. The molecule has 0 spiro atoms. The summed E-state index contributed by atoms with van der Waals surface area (Å²) in [6.45, 7) is 6.91. The van der Waals surface area contributed by atoms with E-state index in [1.807, 2.05) is 0 Å². The van der Waals surface area contributed by atoms with Crippen molar-refractivity contribution in [2.24, 2.45) is 23.7 Å². The summed E-state index contributed by atoms with van der Waals surface area (Å²) >= 11 is 0. The highest BCUT2D eigenvalue weighted by molar-refractivity contribution is 5.81. The monoisotopic (exact) mass is 251 g/mol. The Morgan fingerprint density at radius 3 is 2.28 bits per heavy atom. The molecule has 2 aliphatic rings. The number of carbonyl (C=O) groups excluding carboxylic acids is 1. The van der Waals surface area contributed by atoms with Gasteiger partial charge in [-0.3, -0.25) is 4.79 Å². The third-order valence-corrected chi connectivity index (χ3v) is 4.89. The Kier molecular flexibility index (Phi) is 5.23. The molecule has 0 amide bonds. The maximum atomic E-state index is 12.3. The highest BCUT2D eigenvalue weighted by Gasteiger charge is 2.28. The molecule has 18 heavy (non-hydrogen) atoms. The van der Waals surface area contributed by atoms with Crippen molar-refractivity contribution in [2.45, 2.75) is 58.8 Å². The van der Waals surface area contributed by atoms with E-state index in [9.17, 15) is 4.79 Å². The quantitative estimate of drug-likeness (QED) is 0.829. The molecule has 0 bridgehead atoms. The Morgan fingerprint density at radius 2 is 1.67 bits per heavy atom. The third kappa shape index (κ3) is 4.08. The first kappa shape index (κ1) is 14.0. The number of hydrogen-bond acceptors (Lipinski definition) is 2. The van der Waals surface area contributed by atoms with Gasteiger partial charge in [0.15, 0.2) is 0 Å². The first-order chi connectivity index (χ1) is 8.65. The van der Waals surface area contributed by atoms with Crippen LogP contribution in [0.5, 0.6) is 0 Å². The topological polar surface area (TPSA) is 29.1 Å². The predicted molar refractivity (Wildman–Crippen MR) is 75.5 cm³/mol. The molecule has 0 aromatic heterocycles. The van der Waals surface area contributed by atoms with Gasteiger partial charge in [0, 0.05) is 12.3 Å². The zero-order valence-corrected chi connectivity index (χ0v) is 12.1. The Hall–Kier alpha value is -0.370. The molecule has 0 radical (unpaired) electrons. The number of carbonyl (C=O) groups is 1. The second kappa shape index (κ2) is 6.70. The number of piperidine rings is 1. The summed E-state index contributed by atoms with van der Waals surface area (Å²) in [6, 6.07) is 0. The standard InChI is InChI=1S/C16H29NO/c1-12-9-13(2)11-15(10-12)16(18)4-3-14-5-7-17-8-6-14/h12-15,17H,3-11H2,1-2H3. The molecule has 1 aliphatic carbocycles. The summed E-state index contributed by atoms with van der Waals surface area (Å²) in [4.78, 5) is 12.3. The first-order valence-electron chi connectivity index (χ1n) is 7.88. The van der Waals surface area contributed by atoms with E-state index < -0.39 is 0 Å². The van der Waals surface area contributed by atoms with Crippen molar-refractivity contribution < 1.29 is 4.79 Å². The summed E-state index contributed by atoms with van der Waals surface area (Å²) in [6.07, 6.45) is 8.13. The van der Waals surface area contributed by atoms with Crippen LogP contribution in [0.15, 0.2) is 0 Å². The van der Waals surface area contributed by atoms with E-state index in [-0.39, 0.29) is 0 Å². The van der Waals surface area contributed by atoms with Gasteiger partial charge >= 0.3 is 0 Å². The smallest absolute Gasteiger partial charge is 0.136 e. The lowest BCUT2D eigenvalue weighted by molar-refractivity contribution is -0.125. The second-order valence-electron chi connectivity index (χ2n) is 6.81. The molecule has 2 fully saturated rings. The number of ketones is 1. The Labute approximate surface area is 112 Å². The first-order valence-corrected chi connectivity index (χ1v) is 7.88. The van der Waals surface area contributed by atoms with Gasteiger partial charge in [0.1, 0.15) is 5.78 Å².